The van der Waals surface area contributed by atoms with Gasteiger partial charge in [0.15, 0.2) is 0 Å². The first-order valence-corrected chi connectivity index (χ1v) is 7.29. The second-order valence-corrected chi connectivity index (χ2v) is 5.23. The molecule has 0 saturated heterocycles. The van der Waals surface area contributed by atoms with Gasteiger partial charge in [-0.3, -0.25) is 9.59 Å². The van der Waals surface area contributed by atoms with Crippen molar-refractivity contribution in [2.24, 2.45) is 11.7 Å². The predicted octanol–water partition coefficient (Wildman–Crippen LogP) is 1.17. The molecule has 0 aromatic carbocycles. The molecule has 0 bridgehead atoms. The summed E-state index contributed by atoms with van der Waals surface area (Å²) < 4.78 is 0. The van der Waals surface area contributed by atoms with Gasteiger partial charge in [-0.1, -0.05) is 20.3 Å². The molecule has 4 N–H and O–H groups in total. The van der Waals surface area contributed by atoms with E-state index in [1.165, 1.54) is 0 Å². The number of hydrogen-bond donors (Lipinski definition) is 3. The van der Waals surface area contributed by atoms with Crippen molar-refractivity contribution >= 4 is 11.8 Å². The molecule has 5 nitrogen and oxygen atoms in total. The van der Waals surface area contributed by atoms with Crippen LogP contribution in [0, 0.1) is 5.92 Å². The number of hydrogen-bond acceptors (Lipinski definition) is 3. The van der Waals surface area contributed by atoms with E-state index in [2.05, 4.69) is 24.5 Å². The molecule has 0 spiro atoms. The fourth-order valence-corrected chi connectivity index (χ4v) is 1.58. The maximum absolute atomic E-state index is 11.4. The van der Waals surface area contributed by atoms with Gasteiger partial charge in [0, 0.05) is 25.9 Å². The normalized spacial score (nSPS) is 10.5. The Balaban J connectivity index is 3.43. The van der Waals surface area contributed by atoms with Crippen molar-refractivity contribution in [3.8, 4) is 0 Å². The van der Waals surface area contributed by atoms with Crippen LogP contribution in [0.5, 0.6) is 0 Å². The minimum absolute atomic E-state index is 0.0427. The van der Waals surface area contributed by atoms with E-state index in [4.69, 9.17) is 5.73 Å². The monoisotopic (exact) mass is 271 g/mol. The van der Waals surface area contributed by atoms with Gasteiger partial charge in [0.2, 0.25) is 11.8 Å². The number of amides is 2. The zero-order valence-electron chi connectivity index (χ0n) is 12.3. The Kier molecular flexibility index (Phi) is 11.3. The molecule has 0 aromatic rings. The molecule has 0 heterocycles. The molecule has 19 heavy (non-hydrogen) atoms. The molecule has 0 radical (unpaired) electrons. The Labute approximate surface area is 116 Å². The molecule has 112 valence electrons. The highest BCUT2D eigenvalue weighted by molar-refractivity contribution is 5.83. The summed E-state index contributed by atoms with van der Waals surface area (Å²) in [7, 11) is 0. The van der Waals surface area contributed by atoms with E-state index in [1.54, 1.807) is 0 Å². The van der Waals surface area contributed by atoms with Gasteiger partial charge in [0.05, 0.1) is 0 Å². The van der Waals surface area contributed by atoms with E-state index in [0.29, 0.717) is 25.6 Å². The van der Waals surface area contributed by atoms with Crippen LogP contribution in [-0.4, -0.2) is 31.4 Å². The fourth-order valence-electron chi connectivity index (χ4n) is 1.58. The summed E-state index contributed by atoms with van der Waals surface area (Å²) in [6, 6.07) is 0. The molecule has 5 heteroatoms. The number of rotatable bonds is 11. The lowest BCUT2D eigenvalue weighted by atomic mass is 10.1. The number of carbonyl (C=O) groups excluding carboxylic acids is 2. The Bertz CT molecular complexity index is 255. The molecular weight excluding hydrogens is 242 g/mol. The van der Waals surface area contributed by atoms with Crippen LogP contribution >= 0.6 is 0 Å². The summed E-state index contributed by atoms with van der Waals surface area (Å²) in [5, 5.41) is 5.63. The molecule has 0 aliphatic rings. The first-order chi connectivity index (χ1) is 9.06. The van der Waals surface area contributed by atoms with E-state index in [9.17, 15) is 9.59 Å². The molecule has 0 aliphatic carbocycles. The summed E-state index contributed by atoms with van der Waals surface area (Å²) in [4.78, 5) is 22.9. The summed E-state index contributed by atoms with van der Waals surface area (Å²) in [5.74, 6) is 0.489. The predicted molar refractivity (Wildman–Crippen MR) is 77.6 cm³/mol. The van der Waals surface area contributed by atoms with Crippen LogP contribution in [0.25, 0.3) is 0 Å². The van der Waals surface area contributed by atoms with Gasteiger partial charge < -0.3 is 16.4 Å². The number of unbranched alkanes of at least 4 members (excludes halogenated alkanes) is 2. The average Bonchev–Trinajstić information content (AvgIpc) is 2.35. The summed E-state index contributed by atoms with van der Waals surface area (Å²) in [6.07, 6.45) is 4.49. The zero-order chi connectivity index (χ0) is 14.5. The Hall–Kier alpha value is -1.10. The molecule has 0 atom stereocenters. The molecule has 0 rings (SSSR count). The van der Waals surface area contributed by atoms with Crippen LogP contribution < -0.4 is 16.4 Å². The third kappa shape index (κ3) is 13.1. The Morgan fingerprint density at radius 2 is 1.53 bits per heavy atom. The van der Waals surface area contributed by atoms with Crippen molar-refractivity contribution in [2.45, 2.75) is 52.4 Å². The van der Waals surface area contributed by atoms with Crippen LogP contribution in [0.3, 0.4) is 0 Å². The van der Waals surface area contributed by atoms with Crippen molar-refractivity contribution in [1.82, 2.24) is 10.6 Å². The first kappa shape index (κ1) is 17.9. The van der Waals surface area contributed by atoms with E-state index >= 15 is 0 Å². The zero-order valence-corrected chi connectivity index (χ0v) is 12.3. The number of nitrogens with two attached hydrogens (primary N) is 1. The van der Waals surface area contributed by atoms with Gasteiger partial charge >= 0.3 is 0 Å². The summed E-state index contributed by atoms with van der Waals surface area (Å²) in [5.41, 5.74) is 5.38. The average molecular weight is 271 g/mol. The van der Waals surface area contributed by atoms with E-state index in [1.807, 2.05) is 0 Å². The second kappa shape index (κ2) is 12.0. The third-order valence-electron chi connectivity index (χ3n) is 2.83. The highest BCUT2D eigenvalue weighted by Gasteiger charge is 2.06. The van der Waals surface area contributed by atoms with Crippen molar-refractivity contribution in [3.63, 3.8) is 0 Å². The topological polar surface area (TPSA) is 84.2 Å². The number of carbonyl (C=O) groups is 2. The summed E-state index contributed by atoms with van der Waals surface area (Å²) >= 11 is 0. The van der Waals surface area contributed by atoms with Crippen molar-refractivity contribution in [3.05, 3.63) is 0 Å². The number of nitrogens with one attached hydrogen (secondary N) is 2. The van der Waals surface area contributed by atoms with Gasteiger partial charge in [0.1, 0.15) is 0 Å². The Morgan fingerprint density at radius 1 is 0.947 bits per heavy atom. The smallest absolute Gasteiger partial charge is 0.220 e. The van der Waals surface area contributed by atoms with Crippen molar-refractivity contribution in [1.29, 1.82) is 0 Å². The minimum atomic E-state index is -0.0493. The maximum atomic E-state index is 11.4. The fraction of sp³-hybridized carbons (Fsp3) is 0.857. The van der Waals surface area contributed by atoms with Crippen LogP contribution in [0.2, 0.25) is 0 Å². The minimum Gasteiger partial charge on any atom is -0.356 e. The molecular formula is C14H29N3O2. The highest BCUT2D eigenvalue weighted by atomic mass is 16.2. The van der Waals surface area contributed by atoms with E-state index < -0.39 is 0 Å². The van der Waals surface area contributed by atoms with Crippen molar-refractivity contribution < 1.29 is 9.59 Å². The second-order valence-electron chi connectivity index (χ2n) is 5.23. The van der Waals surface area contributed by atoms with Gasteiger partial charge in [-0.2, -0.15) is 0 Å². The lowest BCUT2D eigenvalue weighted by molar-refractivity contribution is -0.126. The molecule has 2 amide bonds. The quantitative estimate of drug-likeness (QED) is 0.493. The third-order valence-corrected chi connectivity index (χ3v) is 2.83. The molecule has 0 aliphatic heterocycles. The van der Waals surface area contributed by atoms with Crippen LogP contribution in [0.4, 0.5) is 0 Å². The first-order valence-electron chi connectivity index (χ1n) is 7.29. The standard InChI is InChI=1S/C14H29N3O2/c1-12(2)8-11-17-14(19)7-6-13(18)16-10-5-3-4-9-15/h12H,3-11,15H2,1-2H3,(H,16,18)(H,17,19). The van der Waals surface area contributed by atoms with Gasteiger partial charge in [-0.05, 0) is 31.7 Å². The highest BCUT2D eigenvalue weighted by Crippen LogP contribution is 1.97. The van der Waals surface area contributed by atoms with Gasteiger partial charge in [-0.15, -0.1) is 0 Å². The molecule has 0 aromatic heterocycles. The molecule has 0 fully saturated rings. The van der Waals surface area contributed by atoms with Crippen LogP contribution in [0.15, 0.2) is 0 Å². The van der Waals surface area contributed by atoms with Crippen LogP contribution in [0.1, 0.15) is 52.4 Å². The molecule has 0 unspecified atom stereocenters. The van der Waals surface area contributed by atoms with E-state index in [0.717, 1.165) is 25.7 Å². The summed E-state index contributed by atoms with van der Waals surface area (Å²) in [6.45, 7) is 6.30. The lowest BCUT2D eigenvalue weighted by Gasteiger charge is -2.07. The maximum Gasteiger partial charge on any atom is 0.220 e. The largest absolute Gasteiger partial charge is 0.356 e. The lowest BCUT2D eigenvalue weighted by Crippen LogP contribution is -2.29. The van der Waals surface area contributed by atoms with Crippen molar-refractivity contribution in [2.75, 3.05) is 19.6 Å². The van der Waals surface area contributed by atoms with Gasteiger partial charge in [0.25, 0.3) is 0 Å². The Morgan fingerprint density at radius 3 is 2.05 bits per heavy atom. The van der Waals surface area contributed by atoms with Gasteiger partial charge in [-0.25, -0.2) is 0 Å². The van der Waals surface area contributed by atoms with Crippen LogP contribution in [-0.2, 0) is 9.59 Å². The molecule has 0 saturated carbocycles. The SMILES string of the molecule is CC(C)CCNC(=O)CCC(=O)NCCCCCN. The van der Waals surface area contributed by atoms with E-state index in [-0.39, 0.29) is 24.7 Å².